The highest BCUT2D eigenvalue weighted by atomic mass is 35.5. The fraction of sp³-hybridized carbons (Fsp3) is 0.204. The van der Waals surface area contributed by atoms with Crippen molar-refractivity contribution in [2.75, 3.05) is 84.3 Å². The lowest BCUT2D eigenvalue weighted by molar-refractivity contribution is 0.474. The molecule has 0 unspecified atom stereocenters. The highest BCUT2D eigenvalue weighted by Gasteiger charge is 2.22. The second kappa shape index (κ2) is 22.5. The number of phenolic OH excluding ortho intramolecular Hbond substituents is 2. The zero-order valence-corrected chi connectivity index (χ0v) is 40.4. The van der Waals surface area contributed by atoms with E-state index in [1.165, 1.54) is 17.6 Å². The average Bonchev–Trinajstić information content (AvgIpc) is 4.16. The third-order valence-corrected chi connectivity index (χ3v) is 12.1. The summed E-state index contributed by atoms with van der Waals surface area (Å²) in [6, 6.07) is 35.0. The molecule has 23 heteroatoms. The number of hydrogen-bond acceptors (Lipinski definition) is 18. The Morgan fingerprint density at radius 1 is 0.500 bits per heavy atom. The summed E-state index contributed by atoms with van der Waals surface area (Å²) in [6.07, 6.45) is 4.96. The van der Waals surface area contributed by atoms with Crippen LogP contribution in [0.5, 0.6) is 11.5 Å². The fourth-order valence-corrected chi connectivity index (χ4v) is 8.41. The molecule has 368 valence electrons. The molecule has 0 radical (unpaired) electrons. The molecule has 4 aromatic carbocycles. The quantitative estimate of drug-likeness (QED) is 0.0903. The summed E-state index contributed by atoms with van der Waals surface area (Å²) in [5.74, 6) is 2.28. The Morgan fingerprint density at radius 3 is 1.53 bits per heavy atom. The number of aromatic amines is 1. The normalized spacial score (nSPS) is 13.5. The summed E-state index contributed by atoms with van der Waals surface area (Å²) >= 11 is 11.3. The van der Waals surface area contributed by atoms with Crippen LogP contribution in [0, 0.1) is 0 Å². The Morgan fingerprint density at radius 2 is 0.972 bits per heavy atom. The van der Waals surface area contributed by atoms with Gasteiger partial charge in [0.05, 0.1) is 32.1 Å². The number of fused-ring (bicyclic) bond motifs is 3. The molecule has 21 nitrogen and oxygen atoms in total. The molecule has 10 aromatic rings. The van der Waals surface area contributed by atoms with Gasteiger partial charge in [-0.25, -0.2) is 15.0 Å². The number of phenols is 2. The number of hydrogen-bond donors (Lipinski definition) is 7. The van der Waals surface area contributed by atoms with Crippen molar-refractivity contribution in [1.29, 1.82) is 0 Å². The lowest BCUT2D eigenvalue weighted by Gasteiger charge is -2.36. The predicted octanol–water partition coefficient (Wildman–Crippen LogP) is 5.99. The van der Waals surface area contributed by atoms with Crippen molar-refractivity contribution < 1.29 is 10.2 Å². The van der Waals surface area contributed by atoms with Gasteiger partial charge in [-0.15, -0.1) is 0 Å². The Labute approximate surface area is 423 Å². The molecule has 6 aromatic heterocycles. The second-order valence-corrected chi connectivity index (χ2v) is 17.2. The maximum atomic E-state index is 9.49. The van der Waals surface area contributed by atoms with Crippen molar-refractivity contribution in [2.45, 2.75) is 13.1 Å². The van der Waals surface area contributed by atoms with E-state index in [2.05, 4.69) is 77.0 Å². The molecule has 8 heterocycles. The molecule has 12 rings (SSSR count). The molecule has 2 fully saturated rings. The maximum Gasteiger partial charge on any atom is 0.229 e. The van der Waals surface area contributed by atoms with Gasteiger partial charge in [-0.1, -0.05) is 60.7 Å². The lowest BCUT2D eigenvalue weighted by Crippen LogP contribution is -2.47. The number of nitrogens with one attached hydrogen (secondary N) is 2. The van der Waals surface area contributed by atoms with Gasteiger partial charge < -0.3 is 61.5 Å². The van der Waals surface area contributed by atoms with Gasteiger partial charge in [0.1, 0.15) is 28.0 Å². The van der Waals surface area contributed by atoms with E-state index < -0.39 is 0 Å². The largest absolute Gasteiger partial charge is 0.508 e. The SMILES string of the molecule is Nc1nc(Cl)nc2c1ncn2Cc1ccccc1.Nc1nc(Cl)nc2nc[nH]c12.Nc1nc(N2CCN(c3ccc(O)cc3)CC2)nc2c1ncn2Cc1ccccc1.Oc1ccc(N2CCNCC2)cc1. The Kier molecular flexibility index (Phi) is 15.1. The molecule has 0 bridgehead atoms. The highest BCUT2D eigenvalue weighted by Crippen LogP contribution is 2.25. The Hall–Kier alpha value is -8.53. The first-order chi connectivity index (χ1) is 35.0. The maximum absolute atomic E-state index is 9.49. The van der Waals surface area contributed by atoms with Crippen LogP contribution in [0.2, 0.25) is 10.6 Å². The van der Waals surface area contributed by atoms with Gasteiger partial charge in [-0.05, 0) is 82.9 Å². The summed E-state index contributed by atoms with van der Waals surface area (Å²) in [4.78, 5) is 47.0. The number of piperazine rings is 2. The molecule has 72 heavy (non-hydrogen) atoms. The molecule has 2 saturated heterocycles. The molecule has 0 aliphatic carbocycles. The molecule has 0 spiro atoms. The summed E-state index contributed by atoms with van der Waals surface area (Å²) in [7, 11) is 0. The number of nitrogen functional groups attached to an aromatic ring is 3. The van der Waals surface area contributed by atoms with Crippen molar-refractivity contribution in [3.8, 4) is 11.5 Å². The van der Waals surface area contributed by atoms with Crippen LogP contribution in [0.15, 0.2) is 128 Å². The number of aromatic hydroxyl groups is 2. The molecular formula is C49H51Cl2N19O2. The minimum Gasteiger partial charge on any atom is -0.508 e. The number of H-pyrrole nitrogens is 1. The number of rotatable bonds is 7. The van der Waals surface area contributed by atoms with E-state index in [0.717, 1.165) is 69.3 Å². The topological polar surface area (TPSA) is 282 Å². The van der Waals surface area contributed by atoms with Crippen molar-refractivity contribution in [3.05, 3.63) is 150 Å². The third-order valence-electron chi connectivity index (χ3n) is 11.7. The number of aromatic nitrogens is 12. The number of anilines is 6. The molecule has 2 aliphatic rings. The van der Waals surface area contributed by atoms with Gasteiger partial charge in [0, 0.05) is 63.7 Å². The van der Waals surface area contributed by atoms with E-state index in [1.807, 2.05) is 81.9 Å². The van der Waals surface area contributed by atoms with E-state index in [0.29, 0.717) is 70.1 Å². The van der Waals surface area contributed by atoms with Gasteiger partial charge >= 0.3 is 0 Å². The first-order valence-electron chi connectivity index (χ1n) is 22.9. The van der Waals surface area contributed by atoms with Crippen LogP contribution in [-0.2, 0) is 13.1 Å². The molecule has 10 N–H and O–H groups in total. The first kappa shape index (κ1) is 48.5. The van der Waals surface area contributed by atoms with E-state index in [-0.39, 0.29) is 16.3 Å². The Balaban J connectivity index is 0.000000129. The second-order valence-electron chi connectivity index (χ2n) is 16.6. The van der Waals surface area contributed by atoms with Crippen LogP contribution < -0.4 is 37.2 Å². The van der Waals surface area contributed by atoms with Crippen molar-refractivity contribution in [3.63, 3.8) is 0 Å². The predicted molar refractivity (Wildman–Crippen MR) is 282 cm³/mol. The first-order valence-corrected chi connectivity index (χ1v) is 23.7. The van der Waals surface area contributed by atoms with Gasteiger partial charge in [-0.3, -0.25) is 0 Å². The third kappa shape index (κ3) is 11.9. The smallest absolute Gasteiger partial charge is 0.229 e. The van der Waals surface area contributed by atoms with Crippen molar-refractivity contribution in [2.24, 2.45) is 0 Å². The number of imidazole rings is 3. The van der Waals surface area contributed by atoms with E-state index in [9.17, 15) is 5.11 Å². The molecule has 2 aliphatic heterocycles. The van der Waals surface area contributed by atoms with Crippen LogP contribution in [0.4, 0.5) is 34.8 Å². The molecule has 0 saturated carbocycles. The van der Waals surface area contributed by atoms with Crippen LogP contribution in [0.25, 0.3) is 33.5 Å². The van der Waals surface area contributed by atoms with E-state index >= 15 is 0 Å². The van der Waals surface area contributed by atoms with Crippen LogP contribution in [0.3, 0.4) is 0 Å². The number of halogens is 2. The minimum absolute atomic E-state index is 0.113. The number of nitrogens with two attached hydrogens (primary N) is 3. The Bertz CT molecular complexity index is 3340. The van der Waals surface area contributed by atoms with Gasteiger partial charge in [0.2, 0.25) is 16.5 Å². The molecular weight excluding hydrogens is 958 g/mol. The van der Waals surface area contributed by atoms with E-state index in [1.54, 1.807) is 36.9 Å². The van der Waals surface area contributed by atoms with Gasteiger partial charge in [-0.2, -0.15) is 29.9 Å². The monoisotopic (exact) mass is 1010 g/mol. The van der Waals surface area contributed by atoms with E-state index in [4.69, 9.17) is 50.5 Å². The minimum atomic E-state index is 0.113. The van der Waals surface area contributed by atoms with Crippen LogP contribution >= 0.6 is 23.2 Å². The summed E-state index contributed by atoms with van der Waals surface area (Å²) in [6.45, 7) is 8.80. The fourth-order valence-electron chi connectivity index (χ4n) is 8.07. The van der Waals surface area contributed by atoms with Crippen molar-refractivity contribution in [1.82, 2.24) is 64.3 Å². The summed E-state index contributed by atoms with van der Waals surface area (Å²) < 4.78 is 3.91. The summed E-state index contributed by atoms with van der Waals surface area (Å²) in [5.41, 5.74) is 25.8. The van der Waals surface area contributed by atoms with Gasteiger partial charge in [0.25, 0.3) is 0 Å². The van der Waals surface area contributed by atoms with Gasteiger partial charge in [0.15, 0.2) is 34.4 Å². The van der Waals surface area contributed by atoms with Crippen molar-refractivity contribution >= 4 is 91.5 Å². The van der Waals surface area contributed by atoms with Crippen LogP contribution in [0.1, 0.15) is 11.1 Å². The zero-order chi connectivity index (χ0) is 50.0. The highest BCUT2D eigenvalue weighted by molar-refractivity contribution is 6.29. The average molecular weight is 1010 g/mol. The standard InChI is InChI=1S/C22H23N7O.C12H10ClN5.C10H14N2O.C5H4ClN5/c23-20-19-21(29(15-24-19)14-16-4-2-1-3-5-16)26-22(25-20)28-12-10-27(11-13-28)17-6-8-18(30)9-7-17;13-12-16-10(14)9-11(17-12)18(7-15-9)6-8-4-2-1-3-5-8;13-10-3-1-9(2-4-10)12-7-5-11-6-8-12;6-5-10-3(7)2-4(11-5)9-1-8-2/h1-9,15,30H,10-14H2,(H2,23,25,26);1-5,7H,6H2,(H2,14,16,17);1-4,11,13H,5-8H2;1H,(H3,7,8,9,10,11). The van der Waals surface area contributed by atoms with Crippen LogP contribution in [-0.4, -0.2) is 122 Å². The number of benzene rings is 4. The summed E-state index contributed by atoms with van der Waals surface area (Å²) in [5, 5.41) is 22.2. The zero-order valence-electron chi connectivity index (χ0n) is 38.8. The lowest BCUT2D eigenvalue weighted by atomic mass is 10.2. The molecule has 0 atom stereocenters. The molecule has 0 amide bonds. The number of nitrogens with zero attached hydrogens (tertiary/aromatic N) is 14.